The highest BCUT2D eigenvalue weighted by Crippen LogP contribution is 2.30. The van der Waals surface area contributed by atoms with E-state index in [0.29, 0.717) is 10.6 Å². The van der Waals surface area contributed by atoms with Gasteiger partial charge in [0.1, 0.15) is 5.69 Å². The molecule has 0 aliphatic rings. The van der Waals surface area contributed by atoms with Gasteiger partial charge in [0.15, 0.2) is 5.82 Å². The average molecular weight is 435 g/mol. The molecule has 156 valence electrons. The van der Waals surface area contributed by atoms with Crippen molar-refractivity contribution >= 4 is 17.6 Å². The van der Waals surface area contributed by atoms with Crippen LogP contribution >= 0.6 is 11.6 Å². The van der Waals surface area contributed by atoms with E-state index in [1.165, 1.54) is 13.2 Å². The van der Waals surface area contributed by atoms with Gasteiger partial charge in [0.05, 0.1) is 13.0 Å². The molecule has 8 heteroatoms. The molecule has 4 nitrogen and oxygen atoms in total. The molecule has 3 aromatic rings. The summed E-state index contributed by atoms with van der Waals surface area (Å²) < 4.78 is 44.8. The lowest BCUT2D eigenvalue weighted by Gasteiger charge is -2.12. The quantitative estimate of drug-likeness (QED) is 0.484. The van der Waals surface area contributed by atoms with Gasteiger partial charge in [0, 0.05) is 22.7 Å². The lowest BCUT2D eigenvalue weighted by atomic mass is 9.98. The smallest absolute Gasteiger partial charge is 0.433 e. The fourth-order valence-electron chi connectivity index (χ4n) is 2.94. The maximum atomic E-state index is 13.4. The molecule has 0 bridgehead atoms. The zero-order chi connectivity index (χ0) is 21.9. The number of alkyl halides is 3. The van der Waals surface area contributed by atoms with Crippen LogP contribution in [0.15, 0.2) is 54.6 Å². The number of carbonyl (C=O) groups excluding carboxylic acids is 1. The molecule has 0 N–H and O–H groups in total. The van der Waals surface area contributed by atoms with Crippen molar-refractivity contribution in [2.45, 2.75) is 25.4 Å². The Morgan fingerprint density at radius 3 is 2.40 bits per heavy atom. The highest BCUT2D eigenvalue weighted by Gasteiger charge is 2.33. The van der Waals surface area contributed by atoms with Crippen LogP contribution in [0.2, 0.25) is 5.02 Å². The molecule has 1 aromatic heterocycles. The molecule has 0 amide bonds. The Labute approximate surface area is 176 Å². The number of carbonyl (C=O) groups is 1. The lowest BCUT2D eigenvalue weighted by Crippen LogP contribution is -2.12. The zero-order valence-corrected chi connectivity index (χ0v) is 17.0. The predicted molar refractivity (Wildman–Crippen MR) is 107 cm³/mol. The van der Waals surface area contributed by atoms with Gasteiger partial charge >= 0.3 is 12.1 Å². The summed E-state index contributed by atoms with van der Waals surface area (Å²) in [6, 6.07) is 14.3. The molecule has 2 aromatic carbocycles. The van der Waals surface area contributed by atoms with E-state index in [4.69, 9.17) is 16.3 Å². The number of esters is 1. The Hall–Kier alpha value is -2.93. The Balaban J connectivity index is 1.93. The first-order chi connectivity index (χ1) is 14.2. The van der Waals surface area contributed by atoms with E-state index in [0.717, 1.165) is 17.2 Å². The SMILES string of the molecule is COC(=O)C(C)c1ccc(Cc2cc(C(F)(F)F)nc(-c3cccc(Cl)c3)n2)cc1. The maximum Gasteiger partial charge on any atom is 0.433 e. The molecule has 3 rings (SSSR count). The van der Waals surface area contributed by atoms with Gasteiger partial charge < -0.3 is 4.74 Å². The number of benzene rings is 2. The second-order valence-electron chi connectivity index (χ2n) is 6.74. The largest absolute Gasteiger partial charge is 0.469 e. The number of halogens is 4. The summed E-state index contributed by atoms with van der Waals surface area (Å²) in [7, 11) is 1.32. The van der Waals surface area contributed by atoms with Gasteiger partial charge in [-0.1, -0.05) is 48.0 Å². The second kappa shape index (κ2) is 8.83. The first-order valence-corrected chi connectivity index (χ1v) is 9.43. The van der Waals surface area contributed by atoms with Crippen molar-refractivity contribution in [3.63, 3.8) is 0 Å². The topological polar surface area (TPSA) is 52.1 Å². The van der Waals surface area contributed by atoms with E-state index >= 15 is 0 Å². The molecule has 30 heavy (non-hydrogen) atoms. The molecule has 0 spiro atoms. The van der Waals surface area contributed by atoms with E-state index in [1.54, 1.807) is 49.4 Å². The minimum absolute atomic E-state index is 0.0433. The number of rotatable bonds is 5. The van der Waals surface area contributed by atoms with Crippen LogP contribution in [0.4, 0.5) is 13.2 Å². The third kappa shape index (κ3) is 5.16. The summed E-state index contributed by atoms with van der Waals surface area (Å²) in [5, 5.41) is 0.380. The first kappa shape index (κ1) is 21.8. The van der Waals surface area contributed by atoms with Crippen LogP contribution in [0.5, 0.6) is 0 Å². The van der Waals surface area contributed by atoms with E-state index in [-0.39, 0.29) is 23.9 Å². The van der Waals surface area contributed by atoms with Crippen LogP contribution in [-0.2, 0) is 22.1 Å². The molecular weight excluding hydrogens is 417 g/mol. The molecule has 1 atom stereocenters. The van der Waals surface area contributed by atoms with Crippen molar-refractivity contribution < 1.29 is 22.7 Å². The Morgan fingerprint density at radius 1 is 1.10 bits per heavy atom. The lowest BCUT2D eigenvalue weighted by molar-refractivity contribution is -0.142. The molecule has 0 aliphatic carbocycles. The summed E-state index contributed by atoms with van der Waals surface area (Å²) in [6.07, 6.45) is -4.43. The standard InChI is InChI=1S/C22H18ClF3N2O2/c1-13(21(29)30-2)15-8-6-14(7-9-15)10-18-12-19(22(24,25)26)28-20(27-18)16-4-3-5-17(23)11-16/h3-9,11-13H,10H2,1-2H3. The Kier molecular flexibility index (Phi) is 6.41. The van der Waals surface area contributed by atoms with Crippen LogP contribution in [0.25, 0.3) is 11.4 Å². The van der Waals surface area contributed by atoms with Crippen LogP contribution in [0, 0.1) is 0 Å². The van der Waals surface area contributed by atoms with E-state index in [1.807, 2.05) is 0 Å². The molecule has 0 saturated carbocycles. The number of hydrogen-bond donors (Lipinski definition) is 0. The van der Waals surface area contributed by atoms with Gasteiger partial charge in [-0.2, -0.15) is 13.2 Å². The zero-order valence-electron chi connectivity index (χ0n) is 16.2. The maximum absolute atomic E-state index is 13.4. The van der Waals surface area contributed by atoms with Crippen molar-refractivity contribution in [3.05, 3.63) is 82.1 Å². The van der Waals surface area contributed by atoms with E-state index in [9.17, 15) is 18.0 Å². The predicted octanol–water partition coefficient (Wildman–Crippen LogP) is 5.68. The summed E-state index contributed by atoms with van der Waals surface area (Å²) in [6.45, 7) is 1.72. The molecule has 1 heterocycles. The van der Waals surface area contributed by atoms with Crippen molar-refractivity contribution in [2.75, 3.05) is 7.11 Å². The van der Waals surface area contributed by atoms with Gasteiger partial charge in [-0.15, -0.1) is 0 Å². The van der Waals surface area contributed by atoms with Crippen LogP contribution in [-0.4, -0.2) is 23.0 Å². The normalized spacial score (nSPS) is 12.5. The molecule has 0 aliphatic heterocycles. The number of methoxy groups -OCH3 is 1. The monoisotopic (exact) mass is 434 g/mol. The molecular formula is C22H18ClF3N2O2. The van der Waals surface area contributed by atoms with Crippen LogP contribution < -0.4 is 0 Å². The van der Waals surface area contributed by atoms with Crippen molar-refractivity contribution in [1.82, 2.24) is 9.97 Å². The van der Waals surface area contributed by atoms with Gasteiger partial charge in [-0.05, 0) is 36.2 Å². The van der Waals surface area contributed by atoms with Gasteiger partial charge in [-0.3, -0.25) is 4.79 Å². The number of ether oxygens (including phenoxy) is 1. The second-order valence-corrected chi connectivity index (χ2v) is 7.18. The fraction of sp³-hybridized carbons (Fsp3) is 0.227. The Bertz CT molecular complexity index is 1050. The highest BCUT2D eigenvalue weighted by atomic mass is 35.5. The van der Waals surface area contributed by atoms with Gasteiger partial charge in [-0.25, -0.2) is 9.97 Å². The summed E-state index contributed by atoms with van der Waals surface area (Å²) in [5.74, 6) is -0.841. The average Bonchev–Trinajstić information content (AvgIpc) is 2.72. The van der Waals surface area contributed by atoms with Crippen molar-refractivity contribution in [3.8, 4) is 11.4 Å². The summed E-state index contributed by atoms with van der Waals surface area (Å²) in [5.41, 5.74) is 1.11. The molecule has 0 radical (unpaired) electrons. The third-order valence-corrected chi connectivity index (χ3v) is 4.81. The van der Waals surface area contributed by atoms with E-state index in [2.05, 4.69) is 9.97 Å². The number of aromatic nitrogens is 2. The van der Waals surface area contributed by atoms with Crippen LogP contribution in [0.3, 0.4) is 0 Å². The van der Waals surface area contributed by atoms with E-state index < -0.39 is 17.8 Å². The summed E-state index contributed by atoms with van der Waals surface area (Å²) in [4.78, 5) is 19.6. The summed E-state index contributed by atoms with van der Waals surface area (Å²) >= 11 is 5.96. The number of nitrogens with zero attached hydrogens (tertiary/aromatic N) is 2. The molecule has 0 saturated heterocycles. The minimum atomic E-state index is -4.61. The van der Waals surface area contributed by atoms with Gasteiger partial charge in [0.2, 0.25) is 0 Å². The van der Waals surface area contributed by atoms with Crippen molar-refractivity contribution in [2.24, 2.45) is 0 Å². The minimum Gasteiger partial charge on any atom is -0.469 e. The van der Waals surface area contributed by atoms with Crippen molar-refractivity contribution in [1.29, 1.82) is 0 Å². The third-order valence-electron chi connectivity index (χ3n) is 4.57. The first-order valence-electron chi connectivity index (χ1n) is 9.05. The van der Waals surface area contributed by atoms with Crippen LogP contribution in [0.1, 0.15) is 35.4 Å². The Morgan fingerprint density at radius 2 is 1.80 bits per heavy atom. The molecule has 1 unspecified atom stereocenters. The fourth-order valence-corrected chi connectivity index (χ4v) is 3.13. The number of hydrogen-bond acceptors (Lipinski definition) is 4. The van der Waals surface area contributed by atoms with Gasteiger partial charge in [0.25, 0.3) is 0 Å². The highest BCUT2D eigenvalue weighted by molar-refractivity contribution is 6.30. The molecule has 0 fully saturated rings.